The molecule has 6 heteroatoms. The van der Waals surface area contributed by atoms with E-state index in [4.69, 9.17) is 4.42 Å². The number of amides is 1. The number of likely N-dealkylation sites (tertiary alicyclic amines) is 1. The third-order valence-electron chi connectivity index (χ3n) is 3.54. The van der Waals surface area contributed by atoms with E-state index in [0.29, 0.717) is 25.3 Å². The highest BCUT2D eigenvalue weighted by molar-refractivity contribution is 5.79. The fourth-order valence-electron chi connectivity index (χ4n) is 2.48. The molecule has 1 aromatic heterocycles. The summed E-state index contributed by atoms with van der Waals surface area (Å²) in [5.41, 5.74) is 0. The van der Waals surface area contributed by atoms with Crippen molar-refractivity contribution in [2.24, 2.45) is 0 Å². The zero-order valence-electron chi connectivity index (χ0n) is 11.4. The average Bonchev–Trinajstić information content (AvgIpc) is 2.82. The van der Waals surface area contributed by atoms with Crippen LogP contribution in [0.2, 0.25) is 0 Å². The molecule has 1 atom stereocenters. The lowest BCUT2D eigenvalue weighted by atomic mass is 10.1. The van der Waals surface area contributed by atoms with Gasteiger partial charge in [-0.15, -0.1) is 0 Å². The summed E-state index contributed by atoms with van der Waals surface area (Å²) in [6.07, 6.45) is 5.03. The maximum absolute atomic E-state index is 11.9. The molecule has 0 radical (unpaired) electrons. The topological polar surface area (TPSA) is 82.8 Å². The van der Waals surface area contributed by atoms with Gasteiger partial charge in [0.05, 0.1) is 19.4 Å². The Balaban J connectivity index is 1.85. The molecule has 0 saturated carbocycles. The Morgan fingerprint density at radius 2 is 2.25 bits per heavy atom. The predicted octanol–water partition coefficient (Wildman–Crippen LogP) is 1.23. The molecular weight excluding hydrogens is 260 g/mol. The minimum absolute atomic E-state index is 0.123. The van der Waals surface area contributed by atoms with Gasteiger partial charge in [0.25, 0.3) is 0 Å². The number of carbonyl (C=O) groups excluding carboxylic acids is 1. The Bertz CT molecular complexity index is 444. The van der Waals surface area contributed by atoms with E-state index in [1.54, 1.807) is 23.3 Å². The van der Waals surface area contributed by atoms with Crippen molar-refractivity contribution < 1.29 is 19.1 Å². The van der Waals surface area contributed by atoms with Crippen LogP contribution in [0.4, 0.5) is 0 Å². The van der Waals surface area contributed by atoms with E-state index in [1.165, 1.54) is 0 Å². The molecular formula is C14H20N2O4. The number of nitrogens with zero attached hydrogens (tertiary/aromatic N) is 1. The predicted molar refractivity (Wildman–Crippen MR) is 72.0 cm³/mol. The van der Waals surface area contributed by atoms with Crippen LogP contribution in [-0.4, -0.2) is 41.0 Å². The number of carboxylic acids is 1. The van der Waals surface area contributed by atoms with E-state index in [1.807, 2.05) is 0 Å². The van der Waals surface area contributed by atoms with Gasteiger partial charge in [0, 0.05) is 0 Å². The van der Waals surface area contributed by atoms with Crippen LogP contribution in [0.3, 0.4) is 0 Å². The molecule has 1 aromatic rings. The summed E-state index contributed by atoms with van der Waals surface area (Å²) >= 11 is 0. The number of rotatable bonds is 5. The standard InChI is InChI=1S/C14H20N2O4/c17-13(15-9-11-5-4-8-20-11)10-16-7-3-1-2-6-12(16)14(18)19/h4-5,8,12H,1-3,6-7,9-10H2,(H,15,17)(H,18,19). The number of hydrogen-bond acceptors (Lipinski definition) is 4. The zero-order chi connectivity index (χ0) is 14.4. The van der Waals surface area contributed by atoms with Crippen LogP contribution in [0.1, 0.15) is 31.4 Å². The Hall–Kier alpha value is -1.82. The first kappa shape index (κ1) is 14.6. The lowest BCUT2D eigenvalue weighted by Crippen LogP contribution is -2.46. The van der Waals surface area contributed by atoms with Gasteiger partial charge in [0.1, 0.15) is 11.8 Å². The number of nitrogens with one attached hydrogen (secondary N) is 1. The van der Waals surface area contributed by atoms with Crippen LogP contribution in [0, 0.1) is 0 Å². The Morgan fingerprint density at radius 3 is 2.95 bits per heavy atom. The minimum Gasteiger partial charge on any atom is -0.480 e. The second-order valence-electron chi connectivity index (χ2n) is 5.03. The summed E-state index contributed by atoms with van der Waals surface area (Å²) in [6, 6.07) is 3.00. The molecule has 1 saturated heterocycles. The lowest BCUT2D eigenvalue weighted by Gasteiger charge is -2.25. The van der Waals surface area contributed by atoms with E-state index in [2.05, 4.69) is 5.32 Å². The molecule has 0 bridgehead atoms. The molecule has 2 N–H and O–H groups in total. The number of carboxylic acid groups (broad SMARTS) is 1. The third-order valence-corrected chi connectivity index (χ3v) is 3.54. The minimum atomic E-state index is -0.842. The Morgan fingerprint density at radius 1 is 1.40 bits per heavy atom. The molecule has 1 aliphatic heterocycles. The van der Waals surface area contributed by atoms with Crippen LogP contribution in [0.15, 0.2) is 22.8 Å². The number of furan rings is 1. The van der Waals surface area contributed by atoms with Crippen LogP contribution in [0.5, 0.6) is 0 Å². The Kier molecular flexibility index (Phi) is 5.17. The van der Waals surface area contributed by atoms with Gasteiger partial charge in [-0.25, -0.2) is 0 Å². The normalized spacial score (nSPS) is 20.3. The number of carbonyl (C=O) groups is 2. The van der Waals surface area contributed by atoms with Crippen molar-refractivity contribution in [2.45, 2.75) is 38.3 Å². The van der Waals surface area contributed by atoms with Gasteiger partial charge in [-0.1, -0.05) is 12.8 Å². The molecule has 2 heterocycles. The lowest BCUT2D eigenvalue weighted by molar-refractivity contribution is -0.144. The Labute approximate surface area is 117 Å². The molecule has 2 rings (SSSR count). The average molecular weight is 280 g/mol. The first-order valence-electron chi connectivity index (χ1n) is 6.93. The molecule has 0 spiro atoms. The van der Waals surface area contributed by atoms with E-state index in [0.717, 1.165) is 19.3 Å². The summed E-state index contributed by atoms with van der Waals surface area (Å²) in [4.78, 5) is 24.9. The number of hydrogen-bond donors (Lipinski definition) is 2. The van der Waals surface area contributed by atoms with Crippen molar-refractivity contribution in [1.82, 2.24) is 10.2 Å². The maximum atomic E-state index is 11.9. The van der Waals surface area contributed by atoms with Gasteiger partial charge in [-0.05, 0) is 31.5 Å². The largest absolute Gasteiger partial charge is 0.480 e. The monoisotopic (exact) mass is 280 g/mol. The van der Waals surface area contributed by atoms with Crippen molar-refractivity contribution in [3.63, 3.8) is 0 Å². The van der Waals surface area contributed by atoms with E-state index in [9.17, 15) is 14.7 Å². The van der Waals surface area contributed by atoms with Crippen molar-refractivity contribution in [3.8, 4) is 0 Å². The number of aliphatic carboxylic acids is 1. The fourth-order valence-corrected chi connectivity index (χ4v) is 2.48. The van der Waals surface area contributed by atoms with E-state index < -0.39 is 12.0 Å². The first-order valence-corrected chi connectivity index (χ1v) is 6.93. The van der Waals surface area contributed by atoms with Crippen LogP contribution in [-0.2, 0) is 16.1 Å². The second kappa shape index (κ2) is 7.09. The molecule has 6 nitrogen and oxygen atoms in total. The molecule has 1 aliphatic rings. The molecule has 0 aliphatic carbocycles. The molecule has 0 aromatic carbocycles. The van der Waals surface area contributed by atoms with Gasteiger partial charge in [0.2, 0.25) is 5.91 Å². The highest BCUT2D eigenvalue weighted by Gasteiger charge is 2.28. The van der Waals surface area contributed by atoms with Gasteiger partial charge < -0.3 is 14.8 Å². The van der Waals surface area contributed by atoms with Crippen LogP contribution >= 0.6 is 0 Å². The van der Waals surface area contributed by atoms with Gasteiger partial charge >= 0.3 is 5.97 Å². The van der Waals surface area contributed by atoms with Crippen LogP contribution in [0.25, 0.3) is 0 Å². The van der Waals surface area contributed by atoms with Gasteiger partial charge in [-0.3, -0.25) is 14.5 Å². The first-order chi connectivity index (χ1) is 9.66. The summed E-state index contributed by atoms with van der Waals surface area (Å²) in [5.74, 6) is -0.329. The van der Waals surface area contributed by atoms with Crippen molar-refractivity contribution in [3.05, 3.63) is 24.2 Å². The quantitative estimate of drug-likeness (QED) is 0.847. The summed E-state index contributed by atoms with van der Waals surface area (Å²) in [6.45, 7) is 1.11. The fraction of sp³-hybridized carbons (Fsp3) is 0.571. The SMILES string of the molecule is O=C(CN1CCCCCC1C(=O)O)NCc1ccco1. The maximum Gasteiger partial charge on any atom is 0.320 e. The van der Waals surface area contributed by atoms with E-state index >= 15 is 0 Å². The van der Waals surface area contributed by atoms with E-state index in [-0.39, 0.29) is 12.5 Å². The second-order valence-corrected chi connectivity index (χ2v) is 5.03. The zero-order valence-corrected chi connectivity index (χ0v) is 11.4. The highest BCUT2D eigenvalue weighted by atomic mass is 16.4. The molecule has 1 amide bonds. The highest BCUT2D eigenvalue weighted by Crippen LogP contribution is 2.16. The van der Waals surface area contributed by atoms with Crippen molar-refractivity contribution in [1.29, 1.82) is 0 Å². The molecule has 1 fully saturated rings. The summed E-state index contributed by atoms with van der Waals surface area (Å²) in [7, 11) is 0. The summed E-state index contributed by atoms with van der Waals surface area (Å²) < 4.78 is 5.13. The van der Waals surface area contributed by atoms with Crippen molar-refractivity contribution in [2.75, 3.05) is 13.1 Å². The van der Waals surface area contributed by atoms with Crippen LogP contribution < -0.4 is 5.32 Å². The van der Waals surface area contributed by atoms with Gasteiger partial charge in [-0.2, -0.15) is 0 Å². The smallest absolute Gasteiger partial charge is 0.320 e. The molecule has 20 heavy (non-hydrogen) atoms. The van der Waals surface area contributed by atoms with Crippen molar-refractivity contribution >= 4 is 11.9 Å². The molecule has 1 unspecified atom stereocenters. The van der Waals surface area contributed by atoms with Gasteiger partial charge in [0.15, 0.2) is 0 Å². The summed E-state index contributed by atoms with van der Waals surface area (Å²) in [5, 5.41) is 12.0. The third kappa shape index (κ3) is 4.09. The molecule has 110 valence electrons.